The third-order valence-electron chi connectivity index (χ3n) is 5.60. The maximum absolute atomic E-state index is 9.28. The van der Waals surface area contributed by atoms with Crippen LogP contribution in [0.2, 0.25) is 0 Å². The van der Waals surface area contributed by atoms with Crippen molar-refractivity contribution in [3.05, 3.63) is 35.4 Å². The standard InChI is InChI=1S/C22H27NO7/c1-12-20(13-7-18(25-2)21(27-4)19(8-13)26-3)14-9-16-17(29-11-28-16)10-15(14)30-22(12)23-5-6-24/h7-10,12,20,22-24H,5-6,11H2,1-4H3/t12-,20+,22-/m0/s1. The van der Waals surface area contributed by atoms with Crippen LogP contribution in [0.15, 0.2) is 24.3 Å². The SMILES string of the molecule is COc1cc([C@@H]2c3cc4c(cc3O[C@H](NCCO)[C@H]2C)OCO4)cc(OC)c1OC. The smallest absolute Gasteiger partial charge is 0.231 e. The van der Waals surface area contributed by atoms with E-state index in [2.05, 4.69) is 12.2 Å². The number of hydrogen-bond donors (Lipinski definition) is 2. The van der Waals surface area contributed by atoms with E-state index < -0.39 is 0 Å². The lowest BCUT2D eigenvalue weighted by Gasteiger charge is -2.39. The molecule has 162 valence electrons. The van der Waals surface area contributed by atoms with Crippen molar-refractivity contribution in [2.75, 3.05) is 41.3 Å². The molecule has 2 aromatic rings. The average molecular weight is 417 g/mol. The van der Waals surface area contributed by atoms with Gasteiger partial charge in [-0.05, 0) is 23.8 Å². The first-order valence-corrected chi connectivity index (χ1v) is 9.85. The number of rotatable bonds is 7. The number of hydrogen-bond acceptors (Lipinski definition) is 8. The van der Waals surface area contributed by atoms with Crippen molar-refractivity contribution in [2.24, 2.45) is 5.92 Å². The number of methoxy groups -OCH3 is 3. The van der Waals surface area contributed by atoms with Gasteiger partial charge in [-0.15, -0.1) is 0 Å². The van der Waals surface area contributed by atoms with E-state index in [1.165, 1.54) is 0 Å². The summed E-state index contributed by atoms with van der Waals surface area (Å²) in [6.45, 7) is 2.75. The normalized spacial score (nSPS) is 21.6. The molecule has 0 saturated heterocycles. The van der Waals surface area contributed by atoms with Gasteiger partial charge >= 0.3 is 0 Å². The van der Waals surface area contributed by atoms with Gasteiger partial charge in [0.25, 0.3) is 0 Å². The van der Waals surface area contributed by atoms with Gasteiger partial charge in [-0.1, -0.05) is 6.92 Å². The quantitative estimate of drug-likeness (QED) is 0.711. The minimum absolute atomic E-state index is 0.0232. The molecule has 0 radical (unpaired) electrons. The first-order chi connectivity index (χ1) is 14.6. The van der Waals surface area contributed by atoms with Gasteiger partial charge in [0.05, 0.1) is 27.9 Å². The molecule has 8 heteroatoms. The van der Waals surface area contributed by atoms with E-state index in [1.807, 2.05) is 24.3 Å². The van der Waals surface area contributed by atoms with Crippen LogP contribution in [-0.4, -0.2) is 52.6 Å². The van der Waals surface area contributed by atoms with Crippen molar-refractivity contribution in [3.63, 3.8) is 0 Å². The predicted molar refractivity (Wildman–Crippen MR) is 109 cm³/mol. The summed E-state index contributed by atoms with van der Waals surface area (Å²) < 4.78 is 34.0. The molecular formula is C22H27NO7. The van der Waals surface area contributed by atoms with Crippen LogP contribution < -0.4 is 33.7 Å². The number of fused-ring (bicyclic) bond motifs is 2. The average Bonchev–Trinajstić information content (AvgIpc) is 3.22. The fraction of sp³-hybridized carbons (Fsp3) is 0.455. The van der Waals surface area contributed by atoms with Crippen LogP contribution in [0, 0.1) is 5.92 Å². The minimum Gasteiger partial charge on any atom is -0.493 e. The van der Waals surface area contributed by atoms with E-state index in [4.69, 9.17) is 28.4 Å². The maximum atomic E-state index is 9.28. The molecule has 0 spiro atoms. The molecule has 2 aliphatic rings. The second-order valence-electron chi connectivity index (χ2n) is 7.25. The van der Waals surface area contributed by atoms with Crippen molar-refractivity contribution in [1.29, 1.82) is 0 Å². The van der Waals surface area contributed by atoms with E-state index in [0.717, 1.165) is 11.1 Å². The topological polar surface area (TPSA) is 87.6 Å². The summed E-state index contributed by atoms with van der Waals surface area (Å²) >= 11 is 0. The lowest BCUT2D eigenvalue weighted by atomic mass is 9.78. The highest BCUT2D eigenvalue weighted by Crippen LogP contribution is 2.51. The van der Waals surface area contributed by atoms with Gasteiger partial charge in [-0.25, -0.2) is 0 Å². The molecule has 2 N–H and O–H groups in total. The van der Waals surface area contributed by atoms with Crippen molar-refractivity contribution < 1.29 is 33.5 Å². The van der Waals surface area contributed by atoms with Crippen molar-refractivity contribution >= 4 is 0 Å². The fourth-order valence-electron chi connectivity index (χ4n) is 4.18. The monoisotopic (exact) mass is 417 g/mol. The molecule has 0 aromatic heterocycles. The molecule has 0 fully saturated rings. The van der Waals surface area contributed by atoms with Gasteiger partial charge in [0.15, 0.2) is 29.2 Å². The number of aliphatic hydroxyl groups is 1. The maximum Gasteiger partial charge on any atom is 0.231 e. The molecule has 0 saturated carbocycles. The highest BCUT2D eigenvalue weighted by Gasteiger charge is 2.38. The van der Waals surface area contributed by atoms with Gasteiger partial charge in [-0.2, -0.15) is 0 Å². The highest BCUT2D eigenvalue weighted by atomic mass is 16.7. The Hall–Kier alpha value is -2.84. The molecule has 0 unspecified atom stereocenters. The third kappa shape index (κ3) is 3.46. The Labute approximate surface area is 175 Å². The van der Waals surface area contributed by atoms with Crippen molar-refractivity contribution in [3.8, 4) is 34.5 Å². The summed E-state index contributed by atoms with van der Waals surface area (Å²) in [4.78, 5) is 0. The first kappa shape index (κ1) is 20.4. The molecule has 8 nitrogen and oxygen atoms in total. The molecule has 4 rings (SSSR count). The molecule has 2 heterocycles. The molecule has 0 amide bonds. The van der Waals surface area contributed by atoms with Crippen LogP contribution in [0.4, 0.5) is 0 Å². The van der Waals surface area contributed by atoms with Gasteiger partial charge < -0.3 is 33.5 Å². The number of aliphatic hydroxyl groups excluding tert-OH is 1. The Morgan fingerprint density at radius 2 is 1.63 bits per heavy atom. The summed E-state index contributed by atoms with van der Waals surface area (Å²) in [6, 6.07) is 7.77. The van der Waals surface area contributed by atoms with E-state index in [9.17, 15) is 5.11 Å². The molecule has 30 heavy (non-hydrogen) atoms. The fourth-order valence-corrected chi connectivity index (χ4v) is 4.18. The zero-order chi connectivity index (χ0) is 21.3. The van der Waals surface area contributed by atoms with Gasteiger partial charge in [0, 0.05) is 30.0 Å². The van der Waals surface area contributed by atoms with Crippen LogP contribution in [0.3, 0.4) is 0 Å². The Bertz CT molecular complexity index is 892. The predicted octanol–water partition coefficient (Wildman–Crippen LogP) is 2.51. The van der Waals surface area contributed by atoms with E-state index in [-0.39, 0.29) is 31.5 Å². The Morgan fingerprint density at radius 3 is 2.23 bits per heavy atom. The van der Waals surface area contributed by atoms with Gasteiger partial charge in [0.2, 0.25) is 12.5 Å². The lowest BCUT2D eigenvalue weighted by Crippen LogP contribution is -2.46. The second-order valence-corrected chi connectivity index (χ2v) is 7.25. The highest BCUT2D eigenvalue weighted by molar-refractivity contribution is 5.60. The van der Waals surface area contributed by atoms with Crippen molar-refractivity contribution in [2.45, 2.75) is 19.1 Å². The summed E-state index contributed by atoms with van der Waals surface area (Å²) in [6.07, 6.45) is -0.297. The molecule has 3 atom stereocenters. The molecule has 2 aliphatic heterocycles. The van der Waals surface area contributed by atoms with E-state index in [1.54, 1.807) is 21.3 Å². The zero-order valence-electron chi connectivity index (χ0n) is 17.6. The molecule has 0 bridgehead atoms. The van der Waals surface area contributed by atoms with Crippen LogP contribution in [0.5, 0.6) is 34.5 Å². The van der Waals surface area contributed by atoms with Gasteiger partial charge in [0.1, 0.15) is 5.75 Å². The summed E-state index contributed by atoms with van der Waals surface area (Å²) in [7, 11) is 4.79. The lowest BCUT2D eigenvalue weighted by molar-refractivity contribution is 0.0742. The largest absolute Gasteiger partial charge is 0.493 e. The van der Waals surface area contributed by atoms with Crippen LogP contribution in [0.25, 0.3) is 0 Å². The van der Waals surface area contributed by atoms with E-state index >= 15 is 0 Å². The van der Waals surface area contributed by atoms with Crippen molar-refractivity contribution in [1.82, 2.24) is 5.32 Å². The van der Waals surface area contributed by atoms with Crippen LogP contribution >= 0.6 is 0 Å². The zero-order valence-corrected chi connectivity index (χ0v) is 17.6. The second kappa shape index (κ2) is 8.49. The Morgan fingerprint density at radius 1 is 0.967 bits per heavy atom. The van der Waals surface area contributed by atoms with Crippen LogP contribution in [0.1, 0.15) is 24.0 Å². The molecule has 2 aromatic carbocycles. The van der Waals surface area contributed by atoms with Crippen LogP contribution in [-0.2, 0) is 0 Å². The summed E-state index contributed by atoms with van der Waals surface area (Å²) in [5.74, 6) is 3.79. The summed E-state index contributed by atoms with van der Waals surface area (Å²) in [5.41, 5.74) is 1.99. The Kier molecular flexibility index (Phi) is 5.78. The molecule has 0 aliphatic carbocycles. The first-order valence-electron chi connectivity index (χ1n) is 9.85. The van der Waals surface area contributed by atoms with Gasteiger partial charge in [-0.3, -0.25) is 5.32 Å². The molecular weight excluding hydrogens is 390 g/mol. The number of benzene rings is 2. The summed E-state index contributed by atoms with van der Waals surface area (Å²) in [5, 5.41) is 12.6. The Balaban J connectivity index is 1.85. The minimum atomic E-state index is -0.297. The number of nitrogens with one attached hydrogen (secondary N) is 1. The third-order valence-corrected chi connectivity index (χ3v) is 5.60. The van der Waals surface area contributed by atoms with E-state index in [0.29, 0.717) is 41.0 Å². The number of ether oxygens (including phenoxy) is 6.